The van der Waals surface area contributed by atoms with Crippen LogP contribution in [-0.4, -0.2) is 40.5 Å². The van der Waals surface area contributed by atoms with Crippen LogP contribution in [0.1, 0.15) is 34.1 Å². The fraction of sp³-hybridized carbons (Fsp3) is 0.769. The molecule has 1 aliphatic heterocycles. The van der Waals surface area contributed by atoms with Crippen LogP contribution in [0.4, 0.5) is 0 Å². The smallest absolute Gasteiger partial charge is 0.120 e. The van der Waals surface area contributed by atoms with E-state index in [0.717, 1.165) is 18.7 Å². The molecule has 17 heavy (non-hydrogen) atoms. The average molecular weight is 237 g/mol. The molecule has 0 aromatic carbocycles. The van der Waals surface area contributed by atoms with Crippen molar-refractivity contribution in [3.63, 3.8) is 0 Å². The van der Waals surface area contributed by atoms with E-state index in [1.54, 1.807) is 13.8 Å². The quantitative estimate of drug-likeness (QED) is 0.403. The van der Waals surface area contributed by atoms with Gasteiger partial charge in [0.25, 0.3) is 0 Å². The van der Waals surface area contributed by atoms with Gasteiger partial charge in [0.1, 0.15) is 5.60 Å². The monoisotopic (exact) mass is 237 g/mol. The summed E-state index contributed by atoms with van der Waals surface area (Å²) in [6.07, 6.45) is 0.905. The molecule has 0 amide bonds. The van der Waals surface area contributed by atoms with Crippen molar-refractivity contribution in [1.29, 1.82) is 0 Å². The Kier molecular flexibility index (Phi) is 4.55. The van der Waals surface area contributed by atoms with Crippen LogP contribution in [0.3, 0.4) is 0 Å². The predicted octanol–water partition coefficient (Wildman–Crippen LogP) is 0.806. The Hall–Kier alpha value is -1.05. The molecule has 1 aliphatic rings. The van der Waals surface area contributed by atoms with E-state index in [2.05, 4.69) is 35.7 Å². The highest BCUT2D eigenvalue weighted by molar-refractivity contribution is 5.87. The maximum absolute atomic E-state index is 9.52. The van der Waals surface area contributed by atoms with Crippen molar-refractivity contribution in [2.75, 3.05) is 13.1 Å². The topological polar surface area (TPSA) is 61.8 Å². The molecule has 0 aromatic rings. The van der Waals surface area contributed by atoms with Gasteiger partial charge in [-0.2, -0.15) is 5.10 Å². The Morgan fingerprint density at radius 3 is 2.71 bits per heavy atom. The molecule has 4 heteroatoms. The van der Waals surface area contributed by atoms with E-state index in [9.17, 15) is 5.11 Å². The molecule has 1 fully saturated rings. The number of nitrogens with zero attached hydrogens (tertiary/aromatic N) is 2. The molecule has 1 rings (SSSR count). The number of hydrogen-bond acceptors (Lipinski definition) is 4. The van der Waals surface area contributed by atoms with Gasteiger partial charge in [-0.05, 0) is 20.8 Å². The Bertz CT molecular complexity index is 346. The van der Waals surface area contributed by atoms with Crippen LogP contribution in [0.2, 0.25) is 0 Å². The third-order valence-corrected chi connectivity index (χ3v) is 3.05. The van der Waals surface area contributed by atoms with Gasteiger partial charge in [-0.3, -0.25) is 4.90 Å². The molecule has 96 valence electrons. The third kappa shape index (κ3) is 4.37. The van der Waals surface area contributed by atoms with Gasteiger partial charge >= 0.3 is 0 Å². The zero-order valence-corrected chi connectivity index (χ0v) is 11.2. The van der Waals surface area contributed by atoms with Crippen molar-refractivity contribution in [3.8, 4) is 11.8 Å². The lowest BCUT2D eigenvalue weighted by Crippen LogP contribution is -2.46. The maximum atomic E-state index is 9.52. The summed E-state index contributed by atoms with van der Waals surface area (Å²) in [5.74, 6) is 11.6. The standard InChI is InChI=1S/C13H23N3O/c1-10-9-16(7-5-6-13(3,4)17)11(2)8-12(10)15-14/h10-11,17H,7-9,14H2,1-4H3/t10-,11+/m0/s1. The zero-order valence-electron chi connectivity index (χ0n) is 11.2. The summed E-state index contributed by atoms with van der Waals surface area (Å²) in [6.45, 7) is 9.30. The number of hydrazone groups is 1. The van der Waals surface area contributed by atoms with Crippen LogP contribution in [-0.2, 0) is 0 Å². The van der Waals surface area contributed by atoms with Gasteiger partial charge in [0, 0.05) is 30.6 Å². The van der Waals surface area contributed by atoms with Gasteiger partial charge in [0.2, 0.25) is 0 Å². The van der Waals surface area contributed by atoms with Crippen LogP contribution in [0.25, 0.3) is 0 Å². The van der Waals surface area contributed by atoms with Crippen LogP contribution in [0.5, 0.6) is 0 Å². The largest absolute Gasteiger partial charge is 0.378 e. The lowest BCUT2D eigenvalue weighted by molar-refractivity contribution is 0.143. The van der Waals surface area contributed by atoms with Crippen LogP contribution >= 0.6 is 0 Å². The van der Waals surface area contributed by atoms with E-state index in [1.807, 2.05) is 0 Å². The first-order chi connectivity index (χ1) is 7.83. The lowest BCUT2D eigenvalue weighted by atomic mass is 9.93. The second kappa shape index (κ2) is 5.52. The second-order valence-electron chi connectivity index (χ2n) is 5.36. The van der Waals surface area contributed by atoms with Gasteiger partial charge in [-0.15, -0.1) is 0 Å². The van der Waals surface area contributed by atoms with Crippen molar-refractivity contribution in [1.82, 2.24) is 4.90 Å². The first kappa shape index (κ1) is 14.0. The maximum Gasteiger partial charge on any atom is 0.120 e. The van der Waals surface area contributed by atoms with Gasteiger partial charge in [0.05, 0.1) is 6.54 Å². The summed E-state index contributed by atoms with van der Waals surface area (Å²) in [7, 11) is 0. The highest BCUT2D eigenvalue weighted by Crippen LogP contribution is 2.18. The summed E-state index contributed by atoms with van der Waals surface area (Å²) in [6, 6.07) is 0.407. The number of nitrogens with two attached hydrogens (primary N) is 1. The van der Waals surface area contributed by atoms with Crippen molar-refractivity contribution >= 4 is 5.71 Å². The normalized spacial score (nSPS) is 28.9. The van der Waals surface area contributed by atoms with Gasteiger partial charge in [-0.25, -0.2) is 0 Å². The van der Waals surface area contributed by atoms with Crippen LogP contribution in [0, 0.1) is 17.8 Å². The van der Waals surface area contributed by atoms with Gasteiger partial charge in [-0.1, -0.05) is 18.8 Å². The van der Waals surface area contributed by atoms with Gasteiger partial charge in [0.15, 0.2) is 0 Å². The molecular weight excluding hydrogens is 214 g/mol. The fourth-order valence-electron chi connectivity index (χ4n) is 2.03. The molecule has 2 atom stereocenters. The minimum Gasteiger partial charge on any atom is -0.378 e. The highest BCUT2D eigenvalue weighted by atomic mass is 16.3. The zero-order chi connectivity index (χ0) is 13.1. The second-order valence-corrected chi connectivity index (χ2v) is 5.36. The van der Waals surface area contributed by atoms with Crippen molar-refractivity contribution in [2.45, 2.75) is 45.8 Å². The highest BCUT2D eigenvalue weighted by Gasteiger charge is 2.27. The molecule has 0 unspecified atom stereocenters. The molecule has 0 radical (unpaired) electrons. The summed E-state index contributed by atoms with van der Waals surface area (Å²) in [5, 5.41) is 13.4. The van der Waals surface area contributed by atoms with Crippen molar-refractivity contribution in [2.24, 2.45) is 16.9 Å². The summed E-state index contributed by atoms with van der Waals surface area (Å²) >= 11 is 0. The molecule has 0 aromatic heterocycles. The Balaban J connectivity index is 2.58. The SMILES string of the molecule is C[C@@H]1CC(=NN)[C@@H](C)CN1CC#CC(C)(C)O. The fourth-order valence-corrected chi connectivity index (χ4v) is 2.03. The van der Waals surface area contributed by atoms with Crippen molar-refractivity contribution < 1.29 is 5.11 Å². The molecule has 0 saturated carbocycles. The first-order valence-corrected chi connectivity index (χ1v) is 6.06. The van der Waals surface area contributed by atoms with Crippen LogP contribution in [0.15, 0.2) is 5.10 Å². The first-order valence-electron chi connectivity index (χ1n) is 6.06. The van der Waals surface area contributed by atoms with E-state index < -0.39 is 5.60 Å². The number of hydrogen-bond donors (Lipinski definition) is 2. The number of aliphatic hydroxyl groups is 1. The number of rotatable bonds is 1. The summed E-state index contributed by atoms with van der Waals surface area (Å²) < 4.78 is 0. The van der Waals surface area contributed by atoms with E-state index in [0.29, 0.717) is 18.5 Å². The average Bonchev–Trinajstić information content (AvgIpc) is 2.20. The van der Waals surface area contributed by atoms with Gasteiger partial charge < -0.3 is 10.9 Å². The molecule has 1 heterocycles. The summed E-state index contributed by atoms with van der Waals surface area (Å²) in [4.78, 5) is 2.30. The van der Waals surface area contributed by atoms with Crippen molar-refractivity contribution in [3.05, 3.63) is 0 Å². The molecule has 0 aliphatic carbocycles. The Labute approximate surface area is 104 Å². The van der Waals surface area contributed by atoms with E-state index >= 15 is 0 Å². The minimum atomic E-state index is -0.908. The molecule has 4 nitrogen and oxygen atoms in total. The third-order valence-electron chi connectivity index (χ3n) is 3.05. The molecule has 0 spiro atoms. The summed E-state index contributed by atoms with van der Waals surface area (Å²) in [5.41, 5.74) is 0.179. The number of piperidine rings is 1. The lowest BCUT2D eigenvalue weighted by Gasteiger charge is -2.36. The molecule has 1 saturated heterocycles. The van der Waals surface area contributed by atoms with E-state index in [-0.39, 0.29) is 0 Å². The predicted molar refractivity (Wildman–Crippen MR) is 70.5 cm³/mol. The molecule has 3 N–H and O–H groups in total. The minimum absolute atomic E-state index is 0.389. The Morgan fingerprint density at radius 2 is 2.18 bits per heavy atom. The van der Waals surface area contributed by atoms with E-state index in [4.69, 9.17) is 5.84 Å². The molecule has 0 bridgehead atoms. The van der Waals surface area contributed by atoms with E-state index in [1.165, 1.54) is 0 Å². The number of likely N-dealkylation sites (tertiary alicyclic amines) is 1. The van der Waals surface area contributed by atoms with Crippen LogP contribution < -0.4 is 5.84 Å². The Morgan fingerprint density at radius 1 is 1.53 bits per heavy atom. The molecular formula is C13H23N3O.